The Morgan fingerprint density at radius 2 is 1.92 bits per heavy atom. The Labute approximate surface area is 229 Å². The lowest BCUT2D eigenvalue weighted by Gasteiger charge is -2.40. The Morgan fingerprint density at radius 3 is 2.62 bits per heavy atom. The largest absolute Gasteiger partial charge is 0.468 e. The van der Waals surface area contributed by atoms with Crippen molar-refractivity contribution in [3.05, 3.63) is 65.7 Å². The number of ether oxygens (including phenoxy) is 2. The van der Waals surface area contributed by atoms with Gasteiger partial charge in [-0.05, 0) is 64.5 Å². The summed E-state index contributed by atoms with van der Waals surface area (Å²) in [7, 11) is 1.54. The van der Waals surface area contributed by atoms with Crippen molar-refractivity contribution < 1.29 is 23.8 Å². The SMILES string of the molecule is C=Cc1cc2c(N3CC4CCC(C3)N4C(=O)O)nc(Cl)nc2c(F)c1-c1cc(OCOC)cc2ccccc12. The number of carbonyl (C=O) groups is 1. The van der Waals surface area contributed by atoms with Gasteiger partial charge in [0.1, 0.15) is 17.1 Å². The first kappa shape index (κ1) is 25.3. The van der Waals surface area contributed by atoms with Gasteiger partial charge in [0.2, 0.25) is 5.28 Å². The van der Waals surface area contributed by atoms with Crippen LogP contribution in [0.3, 0.4) is 0 Å². The number of aromatic nitrogens is 2. The van der Waals surface area contributed by atoms with E-state index in [1.54, 1.807) is 12.1 Å². The molecule has 4 aromatic rings. The highest BCUT2D eigenvalue weighted by atomic mass is 35.5. The quantitative estimate of drug-likeness (QED) is 0.227. The molecule has 0 spiro atoms. The van der Waals surface area contributed by atoms with E-state index < -0.39 is 11.9 Å². The molecule has 2 aliphatic heterocycles. The van der Waals surface area contributed by atoms with Crippen molar-refractivity contribution in [1.82, 2.24) is 14.9 Å². The molecule has 6 rings (SSSR count). The number of nitrogens with zero attached hydrogens (tertiary/aromatic N) is 4. The zero-order valence-corrected chi connectivity index (χ0v) is 22.0. The third kappa shape index (κ3) is 4.31. The Hall–Kier alpha value is -3.95. The molecule has 8 nitrogen and oxygen atoms in total. The molecule has 3 heterocycles. The Balaban J connectivity index is 1.54. The van der Waals surface area contributed by atoms with E-state index in [1.807, 2.05) is 41.3 Å². The molecule has 1 amide bonds. The third-order valence-electron chi connectivity index (χ3n) is 7.58. The normalized spacial score (nSPS) is 18.6. The highest BCUT2D eigenvalue weighted by Crippen LogP contribution is 2.42. The number of hydrogen-bond acceptors (Lipinski definition) is 6. The van der Waals surface area contributed by atoms with Gasteiger partial charge in [-0.3, -0.25) is 4.90 Å². The van der Waals surface area contributed by atoms with Crippen LogP contribution < -0.4 is 9.64 Å². The molecule has 2 bridgehead atoms. The second-order valence-corrected chi connectivity index (χ2v) is 10.1. The van der Waals surface area contributed by atoms with E-state index in [1.165, 1.54) is 12.0 Å². The molecule has 200 valence electrons. The van der Waals surface area contributed by atoms with E-state index >= 15 is 4.39 Å². The van der Waals surface area contributed by atoms with E-state index in [9.17, 15) is 9.90 Å². The van der Waals surface area contributed by atoms with Gasteiger partial charge in [-0.15, -0.1) is 0 Å². The van der Waals surface area contributed by atoms with Gasteiger partial charge >= 0.3 is 6.09 Å². The fraction of sp³-hybridized carbons (Fsp3) is 0.276. The van der Waals surface area contributed by atoms with E-state index in [-0.39, 0.29) is 29.7 Å². The number of anilines is 1. The van der Waals surface area contributed by atoms with Crippen molar-refractivity contribution in [1.29, 1.82) is 0 Å². The number of piperazine rings is 1. The molecular formula is C29H26ClFN4O4. The Bertz CT molecular complexity index is 1620. The zero-order valence-electron chi connectivity index (χ0n) is 21.2. The topological polar surface area (TPSA) is 88.0 Å². The van der Waals surface area contributed by atoms with E-state index in [0.29, 0.717) is 46.7 Å². The summed E-state index contributed by atoms with van der Waals surface area (Å²) in [5, 5.41) is 11.8. The lowest BCUT2D eigenvalue weighted by atomic mass is 9.92. The van der Waals surface area contributed by atoms with Crippen LogP contribution in [-0.2, 0) is 4.74 Å². The number of rotatable bonds is 6. The summed E-state index contributed by atoms with van der Waals surface area (Å²) in [6.07, 6.45) is 2.24. The smallest absolute Gasteiger partial charge is 0.407 e. The number of benzene rings is 3. The molecule has 2 fully saturated rings. The number of halogens is 2. The van der Waals surface area contributed by atoms with Crippen LogP contribution in [0.4, 0.5) is 15.0 Å². The minimum absolute atomic E-state index is 0.0512. The highest BCUT2D eigenvalue weighted by molar-refractivity contribution is 6.29. The zero-order chi connectivity index (χ0) is 27.3. The van der Waals surface area contributed by atoms with Gasteiger partial charge in [-0.2, -0.15) is 4.98 Å². The van der Waals surface area contributed by atoms with Crippen LogP contribution >= 0.6 is 11.6 Å². The number of amides is 1. The van der Waals surface area contributed by atoms with Crippen LogP contribution in [0.2, 0.25) is 5.28 Å². The molecule has 1 aromatic heterocycles. The van der Waals surface area contributed by atoms with Crippen LogP contribution in [0.15, 0.2) is 49.0 Å². The van der Waals surface area contributed by atoms with Gasteiger partial charge in [0.15, 0.2) is 12.6 Å². The summed E-state index contributed by atoms with van der Waals surface area (Å²) >= 11 is 6.36. The molecule has 2 atom stereocenters. The third-order valence-corrected chi connectivity index (χ3v) is 7.75. The summed E-state index contributed by atoms with van der Waals surface area (Å²) in [5.74, 6) is 0.477. The maximum absolute atomic E-state index is 16.6. The predicted molar refractivity (Wildman–Crippen MR) is 149 cm³/mol. The minimum atomic E-state index is -0.915. The van der Waals surface area contributed by atoms with Gasteiger partial charge in [-0.25, -0.2) is 14.2 Å². The molecule has 0 radical (unpaired) electrons. The number of fused-ring (bicyclic) bond motifs is 4. The van der Waals surface area contributed by atoms with Crippen LogP contribution in [0.25, 0.3) is 38.9 Å². The maximum Gasteiger partial charge on any atom is 0.407 e. The average Bonchev–Trinajstić information content (AvgIpc) is 3.21. The van der Waals surface area contributed by atoms with E-state index in [4.69, 9.17) is 21.1 Å². The standard InChI is InChI=1S/C29H26ClFN4O4/c1-3-16-11-23-26(32-28(30)33-27(23)34-13-18-8-9-19(14-34)35(18)29(36)37)25(31)24(16)22-12-20(39-15-38-2)10-17-6-4-5-7-21(17)22/h3-7,10-12,18-19H,1,8-9,13-15H2,2H3,(H,36,37). The molecule has 0 aliphatic carbocycles. The van der Waals surface area contributed by atoms with Crippen molar-refractivity contribution in [2.24, 2.45) is 0 Å². The van der Waals surface area contributed by atoms with Gasteiger partial charge in [0.05, 0.1) is 12.1 Å². The highest BCUT2D eigenvalue weighted by Gasteiger charge is 2.43. The fourth-order valence-corrected chi connectivity index (χ4v) is 6.13. The number of carboxylic acid groups (broad SMARTS) is 1. The fourth-order valence-electron chi connectivity index (χ4n) is 5.97. The van der Waals surface area contributed by atoms with Crippen molar-refractivity contribution in [3.8, 4) is 16.9 Å². The van der Waals surface area contributed by atoms with Crippen molar-refractivity contribution in [2.75, 3.05) is 31.9 Å². The van der Waals surface area contributed by atoms with Crippen LogP contribution in [0.5, 0.6) is 5.75 Å². The van der Waals surface area contributed by atoms with Gasteiger partial charge < -0.3 is 19.5 Å². The van der Waals surface area contributed by atoms with Gasteiger partial charge in [-0.1, -0.05) is 36.9 Å². The molecule has 0 saturated carbocycles. The monoisotopic (exact) mass is 548 g/mol. The molecule has 2 aliphatic rings. The maximum atomic E-state index is 16.6. The molecule has 2 saturated heterocycles. The first-order valence-corrected chi connectivity index (χ1v) is 13.0. The molecular weight excluding hydrogens is 523 g/mol. The molecule has 3 aromatic carbocycles. The average molecular weight is 549 g/mol. The second-order valence-electron chi connectivity index (χ2n) is 9.79. The second kappa shape index (κ2) is 9.98. The van der Waals surface area contributed by atoms with E-state index in [0.717, 1.165) is 23.6 Å². The summed E-state index contributed by atoms with van der Waals surface area (Å²) in [5.41, 5.74) is 1.60. The Kier molecular flexibility index (Phi) is 6.48. The van der Waals surface area contributed by atoms with Crippen LogP contribution in [0.1, 0.15) is 18.4 Å². The lowest BCUT2D eigenvalue weighted by Crippen LogP contribution is -2.55. The first-order chi connectivity index (χ1) is 18.9. The van der Waals surface area contributed by atoms with Crippen LogP contribution in [0, 0.1) is 5.82 Å². The lowest BCUT2D eigenvalue weighted by molar-refractivity contribution is 0.0512. The molecule has 39 heavy (non-hydrogen) atoms. The predicted octanol–water partition coefficient (Wildman–Crippen LogP) is 6.20. The van der Waals surface area contributed by atoms with Crippen molar-refractivity contribution >= 4 is 51.3 Å². The minimum Gasteiger partial charge on any atom is -0.468 e. The molecule has 1 N–H and O–H groups in total. The first-order valence-electron chi connectivity index (χ1n) is 12.6. The Morgan fingerprint density at radius 1 is 1.18 bits per heavy atom. The number of hydrogen-bond donors (Lipinski definition) is 1. The summed E-state index contributed by atoms with van der Waals surface area (Å²) in [6.45, 7) is 4.91. The summed E-state index contributed by atoms with van der Waals surface area (Å²) in [4.78, 5) is 24.1. The van der Waals surface area contributed by atoms with E-state index in [2.05, 4.69) is 16.5 Å². The van der Waals surface area contributed by atoms with Gasteiger partial charge in [0, 0.05) is 31.1 Å². The number of methoxy groups -OCH3 is 1. The molecule has 2 unspecified atom stereocenters. The summed E-state index contributed by atoms with van der Waals surface area (Å²) < 4.78 is 27.4. The summed E-state index contributed by atoms with van der Waals surface area (Å²) in [6, 6.07) is 12.9. The van der Waals surface area contributed by atoms with Crippen molar-refractivity contribution in [3.63, 3.8) is 0 Å². The van der Waals surface area contributed by atoms with Crippen LogP contribution in [-0.4, -0.2) is 65.1 Å². The molecule has 10 heteroatoms. The van der Waals surface area contributed by atoms with Crippen molar-refractivity contribution in [2.45, 2.75) is 24.9 Å². The van der Waals surface area contributed by atoms with Gasteiger partial charge in [0.25, 0.3) is 0 Å².